The molecule has 0 aromatic heterocycles. The Labute approximate surface area is 118 Å². The van der Waals surface area contributed by atoms with Crippen molar-refractivity contribution in [1.29, 1.82) is 0 Å². The Morgan fingerprint density at radius 1 is 1.38 bits per heavy atom. The Balaban J connectivity index is 2.21. The molecular weight excluding hydrogens is 289 g/mol. The number of alkyl halides is 3. The van der Waals surface area contributed by atoms with E-state index in [4.69, 9.17) is 0 Å². The molecule has 21 heavy (non-hydrogen) atoms. The summed E-state index contributed by atoms with van der Waals surface area (Å²) in [7, 11) is 1.25. The molecule has 0 fully saturated rings. The molecule has 0 saturated carbocycles. The first-order valence-corrected chi connectivity index (χ1v) is 5.97. The fraction of sp³-hybridized carbons (Fsp3) is 0.308. The molecule has 0 spiro atoms. The van der Waals surface area contributed by atoms with Crippen LogP contribution in [0.25, 0.3) is 0 Å². The molecule has 1 aliphatic heterocycles. The van der Waals surface area contributed by atoms with Crippen molar-refractivity contribution < 1.29 is 27.8 Å². The molecule has 0 amide bonds. The van der Waals surface area contributed by atoms with Crippen LogP contribution >= 0.6 is 0 Å². The van der Waals surface area contributed by atoms with Gasteiger partial charge in [0.1, 0.15) is 0 Å². The van der Waals surface area contributed by atoms with Gasteiger partial charge in [-0.25, -0.2) is 5.01 Å². The summed E-state index contributed by atoms with van der Waals surface area (Å²) in [4.78, 5) is 11.1. The summed E-state index contributed by atoms with van der Waals surface area (Å²) in [5.41, 5.74) is -0.0856. The number of hydrazine groups is 1. The number of carbonyl (C=O) groups excluding carboxylic acids is 1. The molecule has 0 saturated heterocycles. The van der Waals surface area contributed by atoms with Gasteiger partial charge in [-0.1, -0.05) is 12.1 Å². The molecule has 1 heterocycles. The van der Waals surface area contributed by atoms with Crippen molar-refractivity contribution in [1.82, 2.24) is 5.43 Å². The van der Waals surface area contributed by atoms with E-state index in [1.807, 2.05) is 0 Å². The second kappa shape index (κ2) is 5.28. The zero-order chi connectivity index (χ0) is 15.7. The molecular formula is C13H13F3N2O3. The van der Waals surface area contributed by atoms with Gasteiger partial charge in [0.2, 0.25) is 0 Å². The molecule has 114 valence electrons. The molecule has 2 N–H and O–H groups in total. The Bertz CT molecular complexity index is 557. The minimum Gasteiger partial charge on any atom is -0.469 e. The highest BCUT2D eigenvalue weighted by Gasteiger charge is 2.58. The fourth-order valence-electron chi connectivity index (χ4n) is 1.90. The van der Waals surface area contributed by atoms with Crippen molar-refractivity contribution in [2.75, 3.05) is 12.1 Å². The van der Waals surface area contributed by atoms with Crippen LogP contribution in [0.15, 0.2) is 36.5 Å². The Morgan fingerprint density at radius 2 is 2.00 bits per heavy atom. The van der Waals surface area contributed by atoms with Gasteiger partial charge in [-0.15, -0.1) is 0 Å². The summed E-state index contributed by atoms with van der Waals surface area (Å²) in [5.74, 6) is -0.449. The van der Waals surface area contributed by atoms with Crippen molar-refractivity contribution in [3.8, 4) is 0 Å². The maximum atomic E-state index is 12.9. The average molecular weight is 302 g/mol. The van der Waals surface area contributed by atoms with E-state index < -0.39 is 17.9 Å². The number of ether oxygens (including phenoxy) is 1. The van der Waals surface area contributed by atoms with Gasteiger partial charge >= 0.3 is 12.1 Å². The molecule has 2 rings (SSSR count). The smallest absolute Gasteiger partial charge is 0.442 e. The van der Waals surface area contributed by atoms with Crippen LogP contribution in [0.3, 0.4) is 0 Å². The van der Waals surface area contributed by atoms with E-state index in [1.165, 1.54) is 31.4 Å². The second-order valence-electron chi connectivity index (χ2n) is 4.44. The van der Waals surface area contributed by atoms with E-state index in [-0.39, 0.29) is 12.1 Å². The summed E-state index contributed by atoms with van der Waals surface area (Å²) in [6.07, 6.45) is -3.21. The number of nitrogens with zero attached hydrogens (tertiary/aromatic N) is 1. The van der Waals surface area contributed by atoms with Gasteiger partial charge in [0.25, 0.3) is 5.72 Å². The predicted octanol–water partition coefficient (Wildman–Crippen LogP) is 1.49. The number of esters is 1. The number of methoxy groups -OCH3 is 1. The van der Waals surface area contributed by atoms with Crippen LogP contribution in [-0.4, -0.2) is 30.1 Å². The van der Waals surface area contributed by atoms with E-state index in [9.17, 15) is 23.1 Å². The lowest BCUT2D eigenvalue weighted by molar-refractivity contribution is -0.238. The first kappa shape index (κ1) is 15.2. The van der Waals surface area contributed by atoms with Gasteiger partial charge < -0.3 is 15.3 Å². The number of nitrogens with one attached hydrogen (secondary N) is 1. The third-order valence-corrected chi connectivity index (χ3v) is 3.05. The largest absolute Gasteiger partial charge is 0.469 e. The number of rotatable bonds is 3. The Kier molecular flexibility index (Phi) is 3.82. The van der Waals surface area contributed by atoms with Crippen molar-refractivity contribution in [3.63, 3.8) is 0 Å². The second-order valence-corrected chi connectivity index (χ2v) is 4.44. The lowest BCUT2D eigenvalue weighted by Crippen LogP contribution is -2.58. The van der Waals surface area contributed by atoms with Crippen LogP contribution in [0, 0.1) is 0 Å². The minimum absolute atomic E-state index is 0.0198. The Hall–Kier alpha value is -2.22. The standard InChI is InChI=1S/C13H13F3N2O3/c1-21-11(19)8-9-2-4-10(5-3-9)18-12(20,6-7-17-18)13(14,15)16/h2-7,17,20H,8H2,1H3. The van der Waals surface area contributed by atoms with E-state index >= 15 is 0 Å². The van der Waals surface area contributed by atoms with Crippen molar-refractivity contribution in [2.45, 2.75) is 18.3 Å². The summed E-state index contributed by atoms with van der Waals surface area (Å²) in [5, 5.41) is 10.4. The first-order valence-electron chi connectivity index (χ1n) is 5.97. The molecule has 1 atom stereocenters. The van der Waals surface area contributed by atoms with Gasteiger partial charge in [0, 0.05) is 6.20 Å². The molecule has 0 radical (unpaired) electrons. The molecule has 8 heteroatoms. The van der Waals surface area contributed by atoms with Crippen LogP contribution in [0.1, 0.15) is 5.56 Å². The van der Waals surface area contributed by atoms with Crippen LogP contribution in [0.2, 0.25) is 0 Å². The highest BCUT2D eigenvalue weighted by atomic mass is 19.4. The molecule has 1 unspecified atom stereocenters. The minimum atomic E-state index is -4.86. The van der Waals surface area contributed by atoms with E-state index in [0.29, 0.717) is 16.6 Å². The van der Waals surface area contributed by atoms with E-state index in [0.717, 1.165) is 6.20 Å². The number of anilines is 1. The number of benzene rings is 1. The number of carbonyl (C=O) groups is 1. The summed E-state index contributed by atoms with van der Waals surface area (Å²) >= 11 is 0. The molecule has 1 aromatic rings. The SMILES string of the molecule is COC(=O)Cc1ccc(N2NC=CC2(O)C(F)(F)F)cc1. The third kappa shape index (κ3) is 2.80. The van der Waals surface area contributed by atoms with Crippen LogP contribution < -0.4 is 10.4 Å². The highest BCUT2D eigenvalue weighted by molar-refractivity contribution is 5.72. The lowest BCUT2D eigenvalue weighted by Gasteiger charge is -2.35. The number of halogens is 3. The molecule has 0 aliphatic carbocycles. The maximum absolute atomic E-state index is 12.9. The van der Waals surface area contributed by atoms with Crippen molar-refractivity contribution in [3.05, 3.63) is 42.1 Å². The topological polar surface area (TPSA) is 61.8 Å². The third-order valence-electron chi connectivity index (χ3n) is 3.05. The van der Waals surface area contributed by atoms with Crippen molar-refractivity contribution >= 4 is 11.7 Å². The quantitative estimate of drug-likeness (QED) is 0.828. The molecule has 1 aromatic carbocycles. The van der Waals surface area contributed by atoms with Gasteiger partial charge in [-0.2, -0.15) is 13.2 Å². The average Bonchev–Trinajstić information content (AvgIpc) is 2.82. The van der Waals surface area contributed by atoms with Gasteiger partial charge in [-0.05, 0) is 23.8 Å². The molecule has 0 bridgehead atoms. The molecule has 1 aliphatic rings. The van der Waals surface area contributed by atoms with Crippen LogP contribution in [0.5, 0.6) is 0 Å². The zero-order valence-electron chi connectivity index (χ0n) is 11.0. The Morgan fingerprint density at radius 3 is 2.52 bits per heavy atom. The number of hydrogen-bond donors (Lipinski definition) is 2. The monoisotopic (exact) mass is 302 g/mol. The predicted molar refractivity (Wildman–Crippen MR) is 67.9 cm³/mol. The van der Waals surface area contributed by atoms with Crippen molar-refractivity contribution in [2.24, 2.45) is 0 Å². The number of aliphatic hydroxyl groups is 1. The first-order chi connectivity index (χ1) is 9.78. The van der Waals surface area contributed by atoms with E-state index in [1.54, 1.807) is 0 Å². The normalized spacial score (nSPS) is 21.3. The molecule has 5 nitrogen and oxygen atoms in total. The van der Waals surface area contributed by atoms with Gasteiger partial charge in [-0.3, -0.25) is 4.79 Å². The van der Waals surface area contributed by atoms with Crippen LogP contribution in [0.4, 0.5) is 18.9 Å². The lowest BCUT2D eigenvalue weighted by atomic mass is 10.1. The maximum Gasteiger partial charge on any atom is 0.442 e. The van der Waals surface area contributed by atoms with E-state index in [2.05, 4.69) is 10.2 Å². The fourth-order valence-corrected chi connectivity index (χ4v) is 1.90. The summed E-state index contributed by atoms with van der Waals surface area (Å²) < 4.78 is 43.3. The van der Waals surface area contributed by atoms with Crippen LogP contribution in [-0.2, 0) is 16.0 Å². The summed E-state index contributed by atoms with van der Waals surface area (Å²) in [6, 6.07) is 5.72. The highest BCUT2D eigenvalue weighted by Crippen LogP contribution is 2.38. The number of hydrogen-bond acceptors (Lipinski definition) is 5. The zero-order valence-corrected chi connectivity index (χ0v) is 11.0. The van der Waals surface area contributed by atoms with Gasteiger partial charge in [0.15, 0.2) is 0 Å². The van der Waals surface area contributed by atoms with Gasteiger partial charge in [0.05, 0.1) is 19.2 Å². The summed E-state index contributed by atoms with van der Waals surface area (Å²) in [6.45, 7) is 0.